The van der Waals surface area contributed by atoms with E-state index in [-0.39, 0.29) is 17.7 Å². The first kappa shape index (κ1) is 21.5. The van der Waals surface area contributed by atoms with Crippen LogP contribution < -0.4 is 5.32 Å². The summed E-state index contributed by atoms with van der Waals surface area (Å²) in [5, 5.41) is 3.74. The van der Waals surface area contributed by atoms with Crippen LogP contribution in [0.3, 0.4) is 0 Å². The van der Waals surface area contributed by atoms with Gasteiger partial charge in [-0.1, -0.05) is 24.8 Å². The summed E-state index contributed by atoms with van der Waals surface area (Å²) < 4.78 is 0. The Morgan fingerprint density at radius 2 is 1.91 bits per heavy atom. The number of aromatic nitrogens is 3. The molecule has 1 fully saturated rings. The predicted octanol–water partition coefficient (Wildman–Crippen LogP) is 4.45. The maximum absolute atomic E-state index is 12.6. The minimum absolute atomic E-state index is 0.0443. The van der Waals surface area contributed by atoms with Crippen molar-refractivity contribution in [1.29, 1.82) is 0 Å². The van der Waals surface area contributed by atoms with Crippen molar-refractivity contribution in [3.8, 4) is 11.1 Å². The van der Waals surface area contributed by atoms with Crippen molar-refractivity contribution < 1.29 is 9.59 Å². The van der Waals surface area contributed by atoms with Gasteiger partial charge >= 0.3 is 0 Å². The molecule has 0 saturated carbocycles. The molecule has 1 unspecified atom stereocenters. The molecule has 1 saturated heterocycles. The van der Waals surface area contributed by atoms with Crippen molar-refractivity contribution >= 4 is 28.5 Å². The summed E-state index contributed by atoms with van der Waals surface area (Å²) in [6.07, 6.45) is 7.24. The second-order valence-corrected chi connectivity index (χ2v) is 8.25. The molecule has 34 heavy (non-hydrogen) atoms. The van der Waals surface area contributed by atoms with Gasteiger partial charge in [0.2, 0.25) is 5.91 Å². The predicted molar refractivity (Wildman–Crippen MR) is 131 cm³/mol. The molecule has 0 aliphatic carbocycles. The summed E-state index contributed by atoms with van der Waals surface area (Å²) in [5.41, 5.74) is 4.56. The molecule has 5 rings (SSSR count). The van der Waals surface area contributed by atoms with Crippen LogP contribution in [0, 0.1) is 0 Å². The molecule has 2 amide bonds. The highest BCUT2D eigenvalue weighted by Gasteiger charge is 2.28. The first-order valence-electron chi connectivity index (χ1n) is 11.1. The van der Waals surface area contributed by atoms with E-state index in [1.807, 2.05) is 29.3 Å². The van der Waals surface area contributed by atoms with Crippen LogP contribution in [-0.2, 0) is 4.79 Å². The number of carbonyl (C=O) groups is 2. The topological polar surface area (TPSA) is 88.1 Å². The van der Waals surface area contributed by atoms with Gasteiger partial charge in [0.1, 0.15) is 12.1 Å². The molecule has 7 heteroatoms. The first-order chi connectivity index (χ1) is 16.6. The number of benzene rings is 2. The van der Waals surface area contributed by atoms with Crippen molar-refractivity contribution in [3.63, 3.8) is 0 Å². The average molecular weight is 450 g/mol. The number of carbonyl (C=O) groups excluding carboxylic acids is 2. The van der Waals surface area contributed by atoms with E-state index >= 15 is 0 Å². The number of anilines is 1. The third-order valence-corrected chi connectivity index (χ3v) is 6.14. The molecule has 7 nitrogen and oxygen atoms in total. The van der Waals surface area contributed by atoms with Gasteiger partial charge in [-0.15, -0.1) is 0 Å². The lowest BCUT2D eigenvalue weighted by Crippen LogP contribution is -2.26. The van der Waals surface area contributed by atoms with Crippen molar-refractivity contribution in [2.75, 3.05) is 18.4 Å². The minimum atomic E-state index is -0.212. The zero-order chi connectivity index (χ0) is 23.5. The van der Waals surface area contributed by atoms with Gasteiger partial charge < -0.3 is 10.2 Å². The standard InChI is InChI=1S/C27H23N5O2/c1-2-25(33)32-12-10-20(16-32)23-14-21(13-22-15-28-17-30-26(22)23)18-6-8-19(9-7-18)27(34)31-24-5-3-4-11-29-24/h2-9,11,13-15,17,20H,1,10,12,16H2,(H,29,31,34). The number of nitrogens with zero attached hydrogens (tertiary/aromatic N) is 4. The molecule has 1 aliphatic rings. The van der Waals surface area contributed by atoms with Crippen LogP contribution in [0.25, 0.3) is 22.0 Å². The molecule has 1 N–H and O–H groups in total. The van der Waals surface area contributed by atoms with Crippen molar-refractivity contribution in [2.24, 2.45) is 0 Å². The number of hydrogen-bond donors (Lipinski definition) is 1. The number of rotatable bonds is 5. The van der Waals surface area contributed by atoms with Crippen LogP contribution in [0.4, 0.5) is 5.82 Å². The second kappa shape index (κ2) is 9.23. The first-order valence-corrected chi connectivity index (χ1v) is 11.1. The lowest BCUT2D eigenvalue weighted by molar-refractivity contribution is -0.125. The smallest absolute Gasteiger partial charge is 0.256 e. The minimum Gasteiger partial charge on any atom is -0.339 e. The summed E-state index contributed by atoms with van der Waals surface area (Å²) in [4.78, 5) is 39.4. The molecule has 1 atom stereocenters. The average Bonchev–Trinajstić information content (AvgIpc) is 3.38. The fourth-order valence-electron chi connectivity index (χ4n) is 4.39. The Hall–Kier alpha value is -4.39. The quantitative estimate of drug-likeness (QED) is 0.455. The van der Waals surface area contributed by atoms with Gasteiger partial charge in [0, 0.05) is 42.4 Å². The van der Waals surface area contributed by atoms with Gasteiger partial charge in [-0.2, -0.15) is 0 Å². The van der Waals surface area contributed by atoms with E-state index in [1.165, 1.54) is 6.08 Å². The summed E-state index contributed by atoms with van der Waals surface area (Å²) in [6.45, 7) is 4.95. The van der Waals surface area contributed by atoms with E-state index < -0.39 is 0 Å². The van der Waals surface area contributed by atoms with Crippen molar-refractivity contribution in [1.82, 2.24) is 19.9 Å². The van der Waals surface area contributed by atoms with Gasteiger partial charge in [0.15, 0.2) is 0 Å². The normalized spacial score (nSPS) is 15.3. The highest BCUT2D eigenvalue weighted by atomic mass is 16.2. The highest BCUT2D eigenvalue weighted by molar-refractivity contribution is 6.04. The van der Waals surface area contributed by atoms with Crippen molar-refractivity contribution in [2.45, 2.75) is 12.3 Å². The van der Waals surface area contributed by atoms with Gasteiger partial charge in [0.25, 0.3) is 5.91 Å². The fourth-order valence-corrected chi connectivity index (χ4v) is 4.39. The lowest BCUT2D eigenvalue weighted by Gasteiger charge is -2.17. The van der Waals surface area contributed by atoms with Crippen LogP contribution in [-0.4, -0.2) is 44.8 Å². The van der Waals surface area contributed by atoms with Gasteiger partial charge in [-0.05, 0) is 65.6 Å². The number of pyridine rings is 1. The van der Waals surface area contributed by atoms with E-state index in [1.54, 1.807) is 36.8 Å². The largest absolute Gasteiger partial charge is 0.339 e. The Bertz CT molecular complexity index is 1370. The van der Waals surface area contributed by atoms with E-state index in [0.717, 1.165) is 34.0 Å². The highest BCUT2D eigenvalue weighted by Crippen LogP contribution is 2.35. The Labute approximate surface area is 197 Å². The molecule has 4 aromatic rings. The lowest BCUT2D eigenvalue weighted by atomic mass is 9.91. The molecule has 2 aromatic carbocycles. The monoisotopic (exact) mass is 449 g/mol. The van der Waals surface area contributed by atoms with Crippen molar-refractivity contribution in [3.05, 3.63) is 97.1 Å². The van der Waals surface area contributed by atoms with Crippen LogP contribution >= 0.6 is 0 Å². The summed E-state index contributed by atoms with van der Waals surface area (Å²) in [6, 6.07) is 17.1. The molecule has 2 aromatic heterocycles. The molecular formula is C27H23N5O2. The Balaban J connectivity index is 1.44. The Morgan fingerprint density at radius 1 is 1.06 bits per heavy atom. The molecule has 0 spiro atoms. The van der Waals surface area contributed by atoms with Gasteiger partial charge in [0.05, 0.1) is 5.52 Å². The van der Waals surface area contributed by atoms with Crippen LogP contribution in [0.5, 0.6) is 0 Å². The van der Waals surface area contributed by atoms with Crippen LogP contribution in [0.2, 0.25) is 0 Å². The fraction of sp³-hybridized carbons (Fsp3) is 0.148. The summed E-state index contributed by atoms with van der Waals surface area (Å²) in [5.74, 6) is 0.439. The molecule has 0 radical (unpaired) electrons. The second-order valence-electron chi connectivity index (χ2n) is 8.25. The van der Waals surface area contributed by atoms with Gasteiger partial charge in [-0.25, -0.2) is 15.0 Å². The maximum atomic E-state index is 12.6. The van der Waals surface area contributed by atoms with Gasteiger partial charge in [-0.3, -0.25) is 9.59 Å². The maximum Gasteiger partial charge on any atom is 0.256 e. The molecule has 0 bridgehead atoms. The zero-order valence-electron chi connectivity index (χ0n) is 18.5. The summed E-state index contributed by atoms with van der Waals surface area (Å²) in [7, 11) is 0. The molecule has 168 valence electrons. The Morgan fingerprint density at radius 3 is 2.68 bits per heavy atom. The summed E-state index contributed by atoms with van der Waals surface area (Å²) >= 11 is 0. The zero-order valence-corrected chi connectivity index (χ0v) is 18.5. The van der Waals surface area contributed by atoms with Crippen LogP contribution in [0.15, 0.2) is 86.0 Å². The molecule has 3 heterocycles. The number of likely N-dealkylation sites (tertiary alicyclic amines) is 1. The van der Waals surface area contributed by atoms with E-state index in [9.17, 15) is 9.59 Å². The Kier molecular flexibility index (Phi) is 5.82. The van der Waals surface area contributed by atoms with Crippen LogP contribution in [0.1, 0.15) is 28.3 Å². The molecule has 1 aliphatic heterocycles. The number of fused-ring (bicyclic) bond motifs is 1. The number of amides is 2. The number of hydrogen-bond acceptors (Lipinski definition) is 5. The van der Waals surface area contributed by atoms with E-state index in [2.05, 4.69) is 39.0 Å². The SMILES string of the molecule is C=CC(=O)N1CCC(c2cc(-c3ccc(C(=O)Nc4ccccn4)cc3)cc3cncnc23)C1. The van der Waals surface area contributed by atoms with E-state index in [0.29, 0.717) is 24.5 Å². The molecular weight excluding hydrogens is 426 g/mol. The third-order valence-electron chi connectivity index (χ3n) is 6.14. The third kappa shape index (κ3) is 4.28. The number of nitrogens with one attached hydrogen (secondary N) is 1. The van der Waals surface area contributed by atoms with E-state index in [4.69, 9.17) is 0 Å².